The summed E-state index contributed by atoms with van der Waals surface area (Å²) in [5.41, 5.74) is -0.964. The van der Waals surface area contributed by atoms with Crippen molar-refractivity contribution in [3.05, 3.63) is 0 Å². The Bertz CT molecular complexity index is 243. The molecule has 4 atom stereocenters. The van der Waals surface area contributed by atoms with E-state index in [2.05, 4.69) is 0 Å². The maximum atomic E-state index is 14.2. The minimum Gasteiger partial charge on any atom is -0.299 e. The molecule has 4 aliphatic rings. The van der Waals surface area contributed by atoms with Crippen LogP contribution in [0.25, 0.3) is 0 Å². The van der Waals surface area contributed by atoms with Gasteiger partial charge in [-0.15, -0.1) is 0 Å². The van der Waals surface area contributed by atoms with Crippen LogP contribution in [0, 0.1) is 17.8 Å². The van der Waals surface area contributed by atoms with Crippen LogP contribution < -0.4 is 0 Å². The van der Waals surface area contributed by atoms with Crippen LogP contribution in [0.5, 0.6) is 0 Å². The van der Waals surface area contributed by atoms with Crippen molar-refractivity contribution in [3.63, 3.8) is 0 Å². The Labute approximate surface area is 77.7 Å². The number of carbonyl (C=O) groups is 1. The SMILES string of the molecule is O=C1[C@@H]2CC3CCC(F)(C2)C[C@@H]1C3. The average molecular weight is 182 g/mol. The molecule has 4 rings (SSSR count). The summed E-state index contributed by atoms with van der Waals surface area (Å²) < 4.78 is 14.2. The van der Waals surface area contributed by atoms with Gasteiger partial charge in [-0.3, -0.25) is 4.79 Å². The number of fused-ring (bicyclic) bond motifs is 1. The Morgan fingerprint density at radius 1 is 1.23 bits per heavy atom. The molecule has 0 saturated heterocycles. The van der Waals surface area contributed by atoms with E-state index in [-0.39, 0.29) is 11.8 Å². The number of alkyl halides is 1. The van der Waals surface area contributed by atoms with Gasteiger partial charge in [0, 0.05) is 11.8 Å². The van der Waals surface area contributed by atoms with Gasteiger partial charge in [0.2, 0.25) is 0 Å². The lowest BCUT2D eigenvalue weighted by molar-refractivity contribution is -0.137. The number of hydrogen-bond donors (Lipinski definition) is 0. The van der Waals surface area contributed by atoms with Crippen LogP contribution in [0.4, 0.5) is 4.39 Å². The van der Waals surface area contributed by atoms with Crippen molar-refractivity contribution in [2.45, 2.75) is 44.2 Å². The van der Waals surface area contributed by atoms with Gasteiger partial charge in [0.05, 0.1) is 0 Å². The summed E-state index contributed by atoms with van der Waals surface area (Å²) in [5.74, 6) is 1.22. The van der Waals surface area contributed by atoms with E-state index in [1.54, 1.807) is 0 Å². The van der Waals surface area contributed by atoms with Crippen molar-refractivity contribution in [1.29, 1.82) is 0 Å². The van der Waals surface area contributed by atoms with Gasteiger partial charge in [0.25, 0.3) is 0 Å². The number of Topliss-reactive ketones (excluding diaryl/α,β-unsaturated/α-hetero) is 1. The summed E-state index contributed by atoms with van der Waals surface area (Å²) >= 11 is 0. The molecule has 0 amide bonds. The summed E-state index contributed by atoms with van der Waals surface area (Å²) in [4.78, 5) is 11.7. The van der Waals surface area contributed by atoms with E-state index in [1.807, 2.05) is 0 Å². The minimum atomic E-state index is -0.964. The zero-order valence-corrected chi connectivity index (χ0v) is 7.76. The van der Waals surface area contributed by atoms with Crippen molar-refractivity contribution in [3.8, 4) is 0 Å². The van der Waals surface area contributed by atoms with Crippen LogP contribution in [0.1, 0.15) is 38.5 Å². The molecule has 0 aromatic heterocycles. The van der Waals surface area contributed by atoms with Crippen LogP contribution >= 0.6 is 0 Å². The Balaban J connectivity index is 2.00. The van der Waals surface area contributed by atoms with Gasteiger partial charge in [0.1, 0.15) is 11.5 Å². The normalized spacial score (nSPS) is 53.9. The first-order valence-corrected chi connectivity index (χ1v) is 5.39. The van der Waals surface area contributed by atoms with Crippen molar-refractivity contribution >= 4 is 5.78 Å². The van der Waals surface area contributed by atoms with E-state index in [4.69, 9.17) is 0 Å². The van der Waals surface area contributed by atoms with Crippen molar-refractivity contribution in [1.82, 2.24) is 0 Å². The van der Waals surface area contributed by atoms with Crippen molar-refractivity contribution < 1.29 is 9.18 Å². The lowest BCUT2D eigenvalue weighted by atomic mass is 9.66. The Hall–Kier alpha value is -0.400. The molecule has 0 radical (unpaired) electrons. The quantitative estimate of drug-likeness (QED) is 0.562. The van der Waals surface area contributed by atoms with Crippen LogP contribution in [0.3, 0.4) is 0 Å². The number of ketones is 1. The predicted octanol–water partition coefficient (Wildman–Crippen LogP) is 2.49. The van der Waals surface area contributed by atoms with E-state index in [0.29, 0.717) is 24.5 Å². The fourth-order valence-corrected chi connectivity index (χ4v) is 3.70. The van der Waals surface area contributed by atoms with E-state index in [0.717, 1.165) is 25.7 Å². The Kier molecular flexibility index (Phi) is 1.43. The van der Waals surface area contributed by atoms with Gasteiger partial charge in [-0.05, 0) is 44.4 Å². The molecule has 4 aliphatic carbocycles. The lowest BCUT2D eigenvalue weighted by Gasteiger charge is -2.39. The molecule has 2 unspecified atom stereocenters. The van der Waals surface area contributed by atoms with Crippen LogP contribution in [-0.2, 0) is 4.79 Å². The molecule has 0 spiro atoms. The van der Waals surface area contributed by atoms with Gasteiger partial charge < -0.3 is 0 Å². The summed E-state index contributed by atoms with van der Waals surface area (Å²) in [7, 11) is 0. The molecule has 0 heterocycles. The number of rotatable bonds is 0. The highest BCUT2D eigenvalue weighted by molar-refractivity contribution is 5.85. The van der Waals surface area contributed by atoms with Crippen molar-refractivity contribution in [2.75, 3.05) is 0 Å². The molecule has 4 fully saturated rings. The van der Waals surface area contributed by atoms with Gasteiger partial charge >= 0.3 is 0 Å². The second-order valence-electron chi connectivity index (χ2n) is 5.23. The zero-order chi connectivity index (χ0) is 9.05. The van der Waals surface area contributed by atoms with Crippen LogP contribution in [0.2, 0.25) is 0 Å². The van der Waals surface area contributed by atoms with Gasteiger partial charge in [-0.25, -0.2) is 4.39 Å². The van der Waals surface area contributed by atoms with E-state index in [1.165, 1.54) is 0 Å². The second-order valence-corrected chi connectivity index (χ2v) is 5.23. The molecule has 0 N–H and O–H groups in total. The monoisotopic (exact) mass is 182 g/mol. The number of carbonyl (C=O) groups excluding carboxylic acids is 1. The Morgan fingerprint density at radius 3 is 2.46 bits per heavy atom. The molecule has 2 heteroatoms. The van der Waals surface area contributed by atoms with Gasteiger partial charge in [0.15, 0.2) is 0 Å². The highest BCUT2D eigenvalue weighted by atomic mass is 19.1. The third kappa shape index (κ3) is 1.07. The summed E-state index contributed by atoms with van der Waals surface area (Å²) in [6.07, 6.45) is 4.80. The largest absolute Gasteiger partial charge is 0.299 e. The molecule has 0 aromatic rings. The highest BCUT2D eigenvalue weighted by Gasteiger charge is 2.52. The van der Waals surface area contributed by atoms with E-state index in [9.17, 15) is 9.18 Å². The average Bonchev–Trinajstić information content (AvgIpc) is 2.26. The smallest absolute Gasteiger partial charge is 0.139 e. The third-order valence-corrected chi connectivity index (χ3v) is 4.27. The van der Waals surface area contributed by atoms with Gasteiger partial charge in [-0.2, -0.15) is 0 Å². The first-order chi connectivity index (χ1) is 6.16. The minimum absolute atomic E-state index is 0.0880. The summed E-state index contributed by atoms with van der Waals surface area (Å²) in [5, 5.41) is 0. The van der Waals surface area contributed by atoms with Crippen molar-refractivity contribution in [2.24, 2.45) is 17.8 Å². The molecule has 4 saturated carbocycles. The summed E-state index contributed by atoms with van der Waals surface area (Å²) in [6, 6.07) is 0. The highest BCUT2D eigenvalue weighted by Crippen LogP contribution is 2.52. The number of hydrogen-bond acceptors (Lipinski definition) is 1. The maximum Gasteiger partial charge on any atom is 0.139 e. The maximum absolute atomic E-state index is 14.2. The first-order valence-electron chi connectivity index (χ1n) is 5.39. The first kappa shape index (κ1) is 7.95. The van der Waals surface area contributed by atoms with Gasteiger partial charge in [-0.1, -0.05) is 0 Å². The summed E-state index contributed by atoms with van der Waals surface area (Å²) in [6.45, 7) is 0. The molecule has 13 heavy (non-hydrogen) atoms. The fourth-order valence-electron chi connectivity index (χ4n) is 3.70. The zero-order valence-electron chi connectivity index (χ0n) is 7.76. The van der Waals surface area contributed by atoms with Crippen LogP contribution in [-0.4, -0.2) is 11.5 Å². The molecule has 72 valence electrons. The van der Waals surface area contributed by atoms with Crippen LogP contribution in [0.15, 0.2) is 0 Å². The molecule has 1 nitrogen and oxygen atoms in total. The molecular weight excluding hydrogens is 167 g/mol. The molecular formula is C11H15FO. The molecule has 0 aromatic carbocycles. The topological polar surface area (TPSA) is 17.1 Å². The van der Waals surface area contributed by atoms with E-state index >= 15 is 0 Å². The standard InChI is InChI=1S/C11H15FO/c12-11-2-1-7-3-8(5-11)10(13)9(4-7)6-11/h7-9H,1-6H2/t7?,8-,9+,11?. The Morgan fingerprint density at radius 2 is 1.85 bits per heavy atom. The molecule has 4 bridgehead atoms. The predicted molar refractivity (Wildman–Crippen MR) is 47.0 cm³/mol. The van der Waals surface area contributed by atoms with E-state index < -0.39 is 5.67 Å². The number of halogens is 1. The molecule has 0 aliphatic heterocycles. The second kappa shape index (κ2) is 2.34. The fraction of sp³-hybridized carbons (Fsp3) is 0.909. The third-order valence-electron chi connectivity index (χ3n) is 4.27. The lowest BCUT2D eigenvalue weighted by Crippen LogP contribution is -2.43.